The minimum atomic E-state index is 0.219. The van der Waals surface area contributed by atoms with Crippen LogP contribution in [0.1, 0.15) is 45.4 Å². The summed E-state index contributed by atoms with van der Waals surface area (Å²) in [5.74, 6) is 1.06. The fraction of sp³-hybridized carbons (Fsp3) is 0.933. The molecule has 2 aliphatic rings. The van der Waals surface area contributed by atoms with Crippen molar-refractivity contribution in [1.29, 1.82) is 0 Å². The van der Waals surface area contributed by atoms with Gasteiger partial charge < -0.3 is 10.6 Å². The van der Waals surface area contributed by atoms with Gasteiger partial charge in [0.2, 0.25) is 5.91 Å². The lowest BCUT2D eigenvalue weighted by Gasteiger charge is -2.33. The van der Waals surface area contributed by atoms with Crippen molar-refractivity contribution >= 4 is 5.91 Å². The molecule has 1 heterocycles. The van der Waals surface area contributed by atoms with Crippen LogP contribution >= 0.6 is 0 Å². The highest BCUT2D eigenvalue weighted by atomic mass is 16.2. The third-order valence-corrected chi connectivity index (χ3v) is 4.66. The Morgan fingerprint density at radius 2 is 1.89 bits per heavy atom. The van der Waals surface area contributed by atoms with Gasteiger partial charge in [-0.1, -0.05) is 6.92 Å². The zero-order chi connectivity index (χ0) is 13.7. The molecule has 4 heteroatoms. The van der Waals surface area contributed by atoms with Crippen LogP contribution in [0.3, 0.4) is 0 Å². The van der Waals surface area contributed by atoms with E-state index >= 15 is 0 Å². The molecule has 110 valence electrons. The first-order valence-electron chi connectivity index (χ1n) is 7.86. The van der Waals surface area contributed by atoms with Crippen molar-refractivity contribution < 1.29 is 4.79 Å². The quantitative estimate of drug-likeness (QED) is 0.808. The number of hydrogen-bond donors (Lipinski definition) is 2. The second-order valence-corrected chi connectivity index (χ2v) is 6.39. The van der Waals surface area contributed by atoms with E-state index in [2.05, 4.69) is 22.5 Å². The highest BCUT2D eigenvalue weighted by molar-refractivity contribution is 5.78. The number of hydrogen-bond acceptors (Lipinski definition) is 3. The van der Waals surface area contributed by atoms with Gasteiger partial charge in [0.15, 0.2) is 0 Å². The molecule has 0 radical (unpaired) electrons. The van der Waals surface area contributed by atoms with Gasteiger partial charge in [0.05, 0.1) is 6.54 Å². The highest BCUT2D eigenvalue weighted by Gasteiger charge is 2.23. The second kappa shape index (κ2) is 7.25. The van der Waals surface area contributed by atoms with Crippen LogP contribution < -0.4 is 10.6 Å². The van der Waals surface area contributed by atoms with Gasteiger partial charge in [-0.3, -0.25) is 9.69 Å². The Labute approximate surface area is 117 Å². The highest BCUT2D eigenvalue weighted by Crippen LogP contribution is 2.23. The van der Waals surface area contributed by atoms with E-state index in [1.54, 1.807) is 0 Å². The Kier molecular flexibility index (Phi) is 5.64. The summed E-state index contributed by atoms with van der Waals surface area (Å²) in [6.45, 7) is 4.95. The summed E-state index contributed by atoms with van der Waals surface area (Å²) in [7, 11) is 2.01. The van der Waals surface area contributed by atoms with Crippen LogP contribution in [0.4, 0.5) is 0 Å². The molecule has 0 bridgehead atoms. The zero-order valence-electron chi connectivity index (χ0n) is 12.5. The van der Waals surface area contributed by atoms with Crippen LogP contribution in [0.25, 0.3) is 0 Å². The molecule has 0 aromatic heterocycles. The monoisotopic (exact) mass is 267 g/mol. The summed E-state index contributed by atoms with van der Waals surface area (Å²) in [5, 5.41) is 6.54. The van der Waals surface area contributed by atoms with Crippen molar-refractivity contribution in [3.63, 3.8) is 0 Å². The molecule has 0 aromatic carbocycles. The van der Waals surface area contributed by atoms with E-state index in [4.69, 9.17) is 0 Å². The lowest BCUT2D eigenvalue weighted by molar-refractivity contribution is -0.123. The maximum Gasteiger partial charge on any atom is 0.234 e. The molecule has 19 heavy (non-hydrogen) atoms. The number of carbonyl (C=O) groups is 1. The maximum atomic E-state index is 12.1. The van der Waals surface area contributed by atoms with E-state index in [9.17, 15) is 4.79 Å². The number of likely N-dealkylation sites (tertiary alicyclic amines) is 1. The molecule has 0 spiro atoms. The van der Waals surface area contributed by atoms with Gasteiger partial charge in [-0.25, -0.2) is 0 Å². The Morgan fingerprint density at radius 3 is 2.58 bits per heavy atom. The number of carbonyl (C=O) groups excluding carboxylic acids is 1. The molecule has 1 unspecified atom stereocenters. The molecule has 0 aromatic rings. The fourth-order valence-electron chi connectivity index (χ4n) is 3.32. The standard InChI is InChI=1S/C15H29N3O/c1-12-5-7-13(8-6-12)17-15(19)11-18-9-3-4-14(10-18)16-2/h12-14,16H,3-11H2,1-2H3,(H,17,19). The second-order valence-electron chi connectivity index (χ2n) is 6.39. The summed E-state index contributed by atoms with van der Waals surface area (Å²) in [5.41, 5.74) is 0. The molecule has 2 fully saturated rings. The zero-order valence-corrected chi connectivity index (χ0v) is 12.5. The van der Waals surface area contributed by atoms with Gasteiger partial charge >= 0.3 is 0 Å². The topological polar surface area (TPSA) is 44.4 Å². The number of nitrogens with one attached hydrogen (secondary N) is 2. The number of piperidine rings is 1. The van der Waals surface area contributed by atoms with Crippen molar-refractivity contribution in [3.05, 3.63) is 0 Å². The minimum Gasteiger partial charge on any atom is -0.352 e. The Hall–Kier alpha value is -0.610. The summed E-state index contributed by atoms with van der Waals surface area (Å²) in [6, 6.07) is 0.977. The molecular weight excluding hydrogens is 238 g/mol. The van der Waals surface area contributed by atoms with Crippen LogP contribution in [0.2, 0.25) is 0 Å². The molecule has 1 aliphatic heterocycles. The molecular formula is C15H29N3O. The Balaban J connectivity index is 1.69. The molecule has 1 aliphatic carbocycles. The molecule has 4 nitrogen and oxygen atoms in total. The summed E-state index contributed by atoms with van der Waals surface area (Å²) < 4.78 is 0. The lowest BCUT2D eigenvalue weighted by atomic mass is 9.87. The first-order chi connectivity index (χ1) is 9.17. The third-order valence-electron chi connectivity index (χ3n) is 4.66. The van der Waals surface area contributed by atoms with Gasteiger partial charge in [0.1, 0.15) is 0 Å². The molecule has 1 amide bonds. The van der Waals surface area contributed by atoms with Crippen LogP contribution in [-0.4, -0.2) is 49.6 Å². The lowest BCUT2D eigenvalue weighted by Crippen LogP contribution is -2.49. The molecule has 1 saturated carbocycles. The SMILES string of the molecule is CNC1CCCN(CC(=O)NC2CCC(C)CC2)C1. The van der Waals surface area contributed by atoms with Gasteiger partial charge in [-0.15, -0.1) is 0 Å². The summed E-state index contributed by atoms with van der Waals surface area (Å²) >= 11 is 0. The van der Waals surface area contributed by atoms with Crippen LogP contribution in [0.15, 0.2) is 0 Å². The van der Waals surface area contributed by atoms with Crippen LogP contribution in [0.5, 0.6) is 0 Å². The van der Waals surface area contributed by atoms with Crippen molar-refractivity contribution in [3.8, 4) is 0 Å². The first-order valence-corrected chi connectivity index (χ1v) is 7.86. The maximum absolute atomic E-state index is 12.1. The summed E-state index contributed by atoms with van der Waals surface area (Å²) in [6.07, 6.45) is 7.26. The van der Waals surface area contributed by atoms with Crippen LogP contribution in [-0.2, 0) is 4.79 Å². The number of nitrogens with zero attached hydrogens (tertiary/aromatic N) is 1. The van der Waals surface area contributed by atoms with Gasteiger partial charge in [0, 0.05) is 18.6 Å². The predicted molar refractivity (Wildman–Crippen MR) is 78.1 cm³/mol. The third kappa shape index (κ3) is 4.77. The van der Waals surface area contributed by atoms with Crippen molar-refractivity contribution in [2.75, 3.05) is 26.7 Å². The van der Waals surface area contributed by atoms with Crippen molar-refractivity contribution in [1.82, 2.24) is 15.5 Å². The molecule has 2 N–H and O–H groups in total. The number of amides is 1. The van der Waals surface area contributed by atoms with Crippen molar-refractivity contribution in [2.45, 2.75) is 57.5 Å². The summed E-state index contributed by atoms with van der Waals surface area (Å²) in [4.78, 5) is 14.4. The average molecular weight is 267 g/mol. The molecule has 1 atom stereocenters. The van der Waals surface area contributed by atoms with Gasteiger partial charge in [-0.05, 0) is 58.0 Å². The van der Waals surface area contributed by atoms with E-state index in [-0.39, 0.29) is 5.91 Å². The fourth-order valence-corrected chi connectivity index (χ4v) is 3.32. The average Bonchev–Trinajstić information content (AvgIpc) is 2.41. The number of likely N-dealkylation sites (N-methyl/N-ethyl adjacent to an activating group) is 1. The number of rotatable bonds is 4. The predicted octanol–water partition coefficient (Wildman–Crippen LogP) is 1.37. The van der Waals surface area contributed by atoms with E-state index in [1.165, 1.54) is 25.7 Å². The van der Waals surface area contributed by atoms with Gasteiger partial charge in [0.25, 0.3) is 0 Å². The van der Waals surface area contributed by atoms with E-state index in [1.807, 2.05) is 7.05 Å². The Morgan fingerprint density at radius 1 is 1.16 bits per heavy atom. The Bertz CT molecular complexity index is 287. The van der Waals surface area contributed by atoms with Gasteiger partial charge in [-0.2, -0.15) is 0 Å². The molecule has 1 saturated heterocycles. The molecule has 2 rings (SSSR count). The normalized spacial score (nSPS) is 33.1. The smallest absolute Gasteiger partial charge is 0.234 e. The minimum absolute atomic E-state index is 0.219. The van der Waals surface area contributed by atoms with E-state index < -0.39 is 0 Å². The van der Waals surface area contributed by atoms with E-state index in [0.29, 0.717) is 18.6 Å². The first kappa shape index (κ1) is 14.8. The van der Waals surface area contributed by atoms with Crippen LogP contribution in [0, 0.1) is 5.92 Å². The van der Waals surface area contributed by atoms with Crippen molar-refractivity contribution in [2.24, 2.45) is 5.92 Å². The van der Waals surface area contributed by atoms with E-state index in [0.717, 1.165) is 31.8 Å². The largest absolute Gasteiger partial charge is 0.352 e.